The number of hydrogen-bond donors (Lipinski definition) is 0. The molecule has 12 heavy (non-hydrogen) atoms. The van der Waals surface area contributed by atoms with Crippen LogP contribution >= 0.6 is 0 Å². The molecule has 5 nitrogen and oxygen atoms in total. The van der Waals surface area contributed by atoms with Gasteiger partial charge in [-0.3, -0.25) is 15.1 Å². The summed E-state index contributed by atoms with van der Waals surface area (Å²) in [6.07, 6.45) is 1.31. The van der Waals surface area contributed by atoms with E-state index in [4.69, 9.17) is 4.74 Å². The van der Waals surface area contributed by atoms with Gasteiger partial charge in [-0.1, -0.05) is 0 Å². The van der Waals surface area contributed by atoms with Crippen molar-refractivity contribution in [3.05, 3.63) is 34.1 Å². The van der Waals surface area contributed by atoms with Crippen LogP contribution in [0.2, 0.25) is 0 Å². The lowest BCUT2D eigenvalue weighted by Gasteiger charge is -1.92. The van der Waals surface area contributed by atoms with Crippen LogP contribution in [0.1, 0.15) is 11.8 Å². The Morgan fingerprint density at radius 1 is 1.67 bits per heavy atom. The van der Waals surface area contributed by atoms with Gasteiger partial charge in [-0.15, -0.1) is 0 Å². The lowest BCUT2D eigenvalue weighted by atomic mass is 10.3. The molecule has 1 aromatic rings. The number of aromatic nitrogens is 1. The highest BCUT2D eigenvalue weighted by molar-refractivity contribution is 5.28. The average Bonchev–Trinajstić information content (AvgIpc) is 2.87. The van der Waals surface area contributed by atoms with Gasteiger partial charge in [-0.25, -0.2) is 0 Å². The van der Waals surface area contributed by atoms with Gasteiger partial charge >= 0.3 is 0 Å². The van der Waals surface area contributed by atoms with Crippen molar-refractivity contribution in [2.45, 2.75) is 6.10 Å². The summed E-state index contributed by atoms with van der Waals surface area (Å²) in [7, 11) is 0. The Kier molecular flexibility index (Phi) is 1.51. The number of nitrogens with zero attached hydrogens (tertiary/aromatic N) is 2. The van der Waals surface area contributed by atoms with Gasteiger partial charge in [-0.2, -0.15) is 0 Å². The Bertz CT molecular complexity index is 305. The first kappa shape index (κ1) is 7.17. The lowest BCUT2D eigenvalue weighted by Crippen LogP contribution is -1.91. The summed E-state index contributed by atoms with van der Waals surface area (Å²) in [4.78, 5) is 13.7. The van der Waals surface area contributed by atoms with E-state index in [9.17, 15) is 10.1 Å². The summed E-state index contributed by atoms with van der Waals surface area (Å²) < 4.78 is 4.96. The quantitative estimate of drug-likeness (QED) is 0.374. The molecule has 1 fully saturated rings. The lowest BCUT2D eigenvalue weighted by molar-refractivity contribution is -0.385. The van der Waals surface area contributed by atoms with Crippen LogP contribution in [0.3, 0.4) is 0 Å². The van der Waals surface area contributed by atoms with E-state index in [1.807, 2.05) is 0 Å². The van der Waals surface area contributed by atoms with Crippen LogP contribution in [0.4, 0.5) is 5.69 Å². The molecule has 1 unspecified atom stereocenters. The zero-order valence-corrected chi connectivity index (χ0v) is 6.14. The van der Waals surface area contributed by atoms with Crippen molar-refractivity contribution in [2.75, 3.05) is 6.61 Å². The smallest absolute Gasteiger partial charge is 0.287 e. The average molecular weight is 166 g/mol. The first-order valence-electron chi connectivity index (χ1n) is 3.49. The Hall–Kier alpha value is -1.49. The zero-order chi connectivity index (χ0) is 8.55. The molecule has 0 spiro atoms. The maximum Gasteiger partial charge on any atom is 0.287 e. The van der Waals surface area contributed by atoms with Crippen molar-refractivity contribution in [1.82, 2.24) is 4.98 Å². The fourth-order valence-electron chi connectivity index (χ4n) is 0.915. The van der Waals surface area contributed by atoms with Crippen LogP contribution in [-0.4, -0.2) is 16.5 Å². The molecule has 2 heterocycles. The van der Waals surface area contributed by atoms with E-state index in [0.717, 1.165) is 5.69 Å². The number of ether oxygens (including phenoxy) is 1. The van der Waals surface area contributed by atoms with Gasteiger partial charge in [0.25, 0.3) is 5.69 Å². The van der Waals surface area contributed by atoms with Crippen molar-refractivity contribution >= 4 is 5.69 Å². The molecular weight excluding hydrogens is 160 g/mol. The summed E-state index contributed by atoms with van der Waals surface area (Å²) >= 11 is 0. The Morgan fingerprint density at radius 2 is 2.42 bits per heavy atom. The van der Waals surface area contributed by atoms with Crippen LogP contribution in [0, 0.1) is 10.1 Å². The Morgan fingerprint density at radius 3 is 2.83 bits per heavy atom. The molecule has 2 rings (SSSR count). The molecule has 0 radical (unpaired) electrons. The molecule has 1 aliphatic heterocycles. The Labute approximate surface area is 68.1 Å². The summed E-state index contributed by atoms with van der Waals surface area (Å²) in [5, 5.41) is 10.2. The third kappa shape index (κ3) is 1.26. The van der Waals surface area contributed by atoms with E-state index in [0.29, 0.717) is 6.61 Å². The van der Waals surface area contributed by atoms with Gasteiger partial charge in [0.05, 0.1) is 17.2 Å². The maximum atomic E-state index is 10.2. The summed E-state index contributed by atoms with van der Waals surface area (Å²) in [6.45, 7) is 0.671. The predicted molar refractivity (Wildman–Crippen MR) is 39.6 cm³/mol. The van der Waals surface area contributed by atoms with Crippen molar-refractivity contribution in [2.24, 2.45) is 0 Å². The molecule has 1 atom stereocenters. The number of rotatable bonds is 2. The van der Waals surface area contributed by atoms with Crippen molar-refractivity contribution in [3.8, 4) is 0 Å². The first-order chi connectivity index (χ1) is 5.77. The fourth-order valence-corrected chi connectivity index (χ4v) is 0.915. The van der Waals surface area contributed by atoms with Crippen LogP contribution in [0.25, 0.3) is 0 Å². The van der Waals surface area contributed by atoms with E-state index in [-0.39, 0.29) is 11.8 Å². The molecule has 1 aliphatic rings. The maximum absolute atomic E-state index is 10.2. The second-order valence-electron chi connectivity index (χ2n) is 2.52. The molecule has 0 amide bonds. The van der Waals surface area contributed by atoms with E-state index in [1.54, 1.807) is 6.07 Å². The van der Waals surface area contributed by atoms with Gasteiger partial charge in [0, 0.05) is 6.07 Å². The Balaban J connectivity index is 2.24. The van der Waals surface area contributed by atoms with Gasteiger partial charge in [0.1, 0.15) is 12.3 Å². The highest BCUT2D eigenvalue weighted by atomic mass is 16.6. The van der Waals surface area contributed by atoms with E-state index in [1.165, 1.54) is 12.3 Å². The van der Waals surface area contributed by atoms with E-state index >= 15 is 0 Å². The van der Waals surface area contributed by atoms with E-state index in [2.05, 4.69) is 4.98 Å². The largest absolute Gasteiger partial charge is 0.366 e. The third-order valence-corrected chi connectivity index (χ3v) is 1.64. The molecule has 0 aromatic carbocycles. The second-order valence-corrected chi connectivity index (χ2v) is 2.52. The minimum absolute atomic E-state index is 0.0133. The van der Waals surface area contributed by atoms with Gasteiger partial charge in [0.15, 0.2) is 0 Å². The van der Waals surface area contributed by atoms with Crippen LogP contribution in [0.15, 0.2) is 18.3 Å². The minimum Gasteiger partial charge on any atom is -0.366 e. The highest BCUT2D eigenvalue weighted by Crippen LogP contribution is 2.28. The summed E-state index contributed by atoms with van der Waals surface area (Å²) in [6, 6.07) is 3.06. The summed E-state index contributed by atoms with van der Waals surface area (Å²) in [5.41, 5.74) is 0.778. The molecule has 0 aliphatic carbocycles. The van der Waals surface area contributed by atoms with Crippen LogP contribution < -0.4 is 0 Å². The normalized spacial score (nSPS) is 20.5. The molecule has 5 heteroatoms. The van der Waals surface area contributed by atoms with Crippen molar-refractivity contribution < 1.29 is 9.66 Å². The number of nitro groups is 1. The summed E-state index contributed by atoms with van der Waals surface area (Å²) in [5.74, 6) is 0. The predicted octanol–water partition coefficient (Wildman–Crippen LogP) is 1.06. The number of epoxide rings is 1. The van der Waals surface area contributed by atoms with Gasteiger partial charge in [0.2, 0.25) is 0 Å². The standard InChI is InChI=1S/C7H6N2O3/c10-9(11)5-1-2-6(8-3-5)7-4-12-7/h1-3,7H,4H2. The molecule has 0 N–H and O–H groups in total. The third-order valence-electron chi connectivity index (χ3n) is 1.64. The monoisotopic (exact) mass is 166 g/mol. The zero-order valence-electron chi connectivity index (χ0n) is 6.14. The molecular formula is C7H6N2O3. The minimum atomic E-state index is -0.468. The number of pyridine rings is 1. The van der Waals surface area contributed by atoms with Crippen molar-refractivity contribution in [3.63, 3.8) is 0 Å². The molecule has 1 saturated heterocycles. The molecule has 0 bridgehead atoms. The number of hydrogen-bond acceptors (Lipinski definition) is 4. The first-order valence-corrected chi connectivity index (χ1v) is 3.49. The van der Waals surface area contributed by atoms with Crippen LogP contribution in [0.5, 0.6) is 0 Å². The van der Waals surface area contributed by atoms with Gasteiger partial charge in [-0.05, 0) is 6.07 Å². The van der Waals surface area contributed by atoms with Crippen LogP contribution in [-0.2, 0) is 4.74 Å². The van der Waals surface area contributed by atoms with E-state index < -0.39 is 4.92 Å². The van der Waals surface area contributed by atoms with Gasteiger partial charge < -0.3 is 4.74 Å². The topological polar surface area (TPSA) is 68.6 Å². The van der Waals surface area contributed by atoms with Crippen molar-refractivity contribution in [1.29, 1.82) is 0 Å². The molecule has 0 saturated carbocycles. The second kappa shape index (κ2) is 2.53. The molecule has 1 aromatic heterocycles. The highest BCUT2D eigenvalue weighted by Gasteiger charge is 2.26. The fraction of sp³-hybridized carbons (Fsp3) is 0.286. The SMILES string of the molecule is O=[N+]([O-])c1ccc(C2CO2)nc1. The molecule has 62 valence electrons.